The van der Waals surface area contributed by atoms with E-state index >= 15 is 0 Å². The van der Waals surface area contributed by atoms with E-state index in [0.29, 0.717) is 17.0 Å². The molecule has 4 rings (SSSR count). The van der Waals surface area contributed by atoms with E-state index in [9.17, 15) is 20.0 Å². The van der Waals surface area contributed by atoms with Crippen molar-refractivity contribution in [1.82, 2.24) is 34.9 Å². The number of benzene rings is 1. The Morgan fingerprint density at radius 3 is 2.71 bits per heavy atom. The number of hydrogen-bond donors (Lipinski definition) is 2. The van der Waals surface area contributed by atoms with Gasteiger partial charge in [0, 0.05) is 13.0 Å². The summed E-state index contributed by atoms with van der Waals surface area (Å²) in [4.78, 5) is 31.2. The number of aromatic hydroxyl groups is 1. The number of aromatic nitrogens is 7. The number of hydrogen-bond acceptors (Lipinski definition) is 10. The van der Waals surface area contributed by atoms with Gasteiger partial charge in [-0.2, -0.15) is 10.1 Å². The van der Waals surface area contributed by atoms with Gasteiger partial charge in [0.1, 0.15) is 17.8 Å². The number of nitriles is 1. The Balaban J connectivity index is 1.85. The molecule has 13 heteroatoms. The fourth-order valence-electron chi connectivity index (χ4n) is 3.70. The number of amides is 1. The average molecular weight is 461 g/mol. The van der Waals surface area contributed by atoms with Crippen LogP contribution in [0.5, 0.6) is 5.75 Å². The highest BCUT2D eigenvalue weighted by Gasteiger charge is 2.33. The van der Waals surface area contributed by atoms with Gasteiger partial charge >= 0.3 is 0 Å². The van der Waals surface area contributed by atoms with E-state index in [1.165, 1.54) is 24.3 Å². The Labute approximate surface area is 192 Å². The fourth-order valence-corrected chi connectivity index (χ4v) is 3.70. The Morgan fingerprint density at radius 1 is 1.29 bits per heavy atom. The van der Waals surface area contributed by atoms with Gasteiger partial charge in [-0.1, -0.05) is 30.3 Å². The third-order valence-corrected chi connectivity index (χ3v) is 5.33. The van der Waals surface area contributed by atoms with Crippen LogP contribution in [0.3, 0.4) is 0 Å². The van der Waals surface area contributed by atoms with Crippen molar-refractivity contribution in [2.24, 2.45) is 14.1 Å². The molecule has 0 fully saturated rings. The van der Waals surface area contributed by atoms with Crippen molar-refractivity contribution in [3.63, 3.8) is 0 Å². The zero-order chi connectivity index (χ0) is 24.4. The van der Waals surface area contributed by atoms with E-state index in [1.54, 1.807) is 38.2 Å². The molecule has 0 spiro atoms. The molecule has 0 radical (unpaired) electrons. The van der Waals surface area contributed by atoms with Gasteiger partial charge in [0.15, 0.2) is 11.5 Å². The molecule has 0 bridgehead atoms. The van der Waals surface area contributed by atoms with Crippen LogP contribution in [0.25, 0.3) is 0 Å². The highest BCUT2D eigenvalue weighted by atomic mass is 16.5. The van der Waals surface area contributed by atoms with Crippen LogP contribution in [0.1, 0.15) is 52.0 Å². The zero-order valence-corrected chi connectivity index (χ0v) is 18.4. The van der Waals surface area contributed by atoms with Crippen molar-refractivity contribution >= 4 is 11.6 Å². The molecule has 4 aromatic rings. The molecule has 0 saturated carbocycles. The molecular formula is C21H19N9O4. The molecule has 0 saturated heterocycles. The lowest BCUT2D eigenvalue weighted by atomic mass is 9.83. The van der Waals surface area contributed by atoms with Crippen molar-refractivity contribution in [2.45, 2.75) is 18.8 Å². The van der Waals surface area contributed by atoms with E-state index in [-0.39, 0.29) is 11.5 Å². The van der Waals surface area contributed by atoms with Crippen molar-refractivity contribution < 1.29 is 14.4 Å². The molecule has 0 unspecified atom stereocenters. The molecule has 3 aromatic heterocycles. The van der Waals surface area contributed by atoms with Crippen molar-refractivity contribution in [1.29, 1.82) is 5.26 Å². The van der Waals surface area contributed by atoms with Gasteiger partial charge in [0.25, 0.3) is 11.5 Å². The van der Waals surface area contributed by atoms with Gasteiger partial charge in [-0.3, -0.25) is 14.2 Å². The van der Waals surface area contributed by atoms with Crippen LogP contribution in [-0.2, 0) is 14.1 Å². The molecule has 13 nitrogen and oxygen atoms in total. The van der Waals surface area contributed by atoms with Crippen LogP contribution in [-0.4, -0.2) is 45.9 Å². The minimum atomic E-state index is -0.821. The Bertz CT molecular complexity index is 1450. The Hall–Kier alpha value is -4.86. The Morgan fingerprint density at radius 2 is 2.06 bits per heavy atom. The lowest BCUT2D eigenvalue weighted by Gasteiger charge is -2.24. The monoisotopic (exact) mass is 461 g/mol. The summed E-state index contributed by atoms with van der Waals surface area (Å²) in [5.74, 6) is -2.41. The molecule has 172 valence electrons. The summed E-state index contributed by atoms with van der Waals surface area (Å²) in [6.07, 6.45) is 2.45. The summed E-state index contributed by atoms with van der Waals surface area (Å²) in [7, 11) is 3.04. The summed E-state index contributed by atoms with van der Waals surface area (Å²) >= 11 is 0. The Kier molecular flexibility index (Phi) is 5.88. The maximum atomic E-state index is 12.8. The first-order valence-electron chi connectivity index (χ1n) is 10.0. The number of nitrogens with one attached hydrogen (secondary N) is 1. The number of rotatable bonds is 6. The van der Waals surface area contributed by atoms with E-state index in [4.69, 9.17) is 0 Å². The third-order valence-electron chi connectivity index (χ3n) is 5.33. The average Bonchev–Trinajstić information content (AvgIpc) is 3.50. The maximum Gasteiger partial charge on any atom is 0.296 e. The van der Waals surface area contributed by atoms with Crippen LogP contribution < -0.4 is 10.9 Å². The first-order chi connectivity index (χ1) is 16.3. The van der Waals surface area contributed by atoms with Gasteiger partial charge in [-0.15, -0.1) is 10.2 Å². The molecule has 34 heavy (non-hydrogen) atoms. The highest BCUT2D eigenvalue weighted by molar-refractivity contribution is 6.04. The van der Waals surface area contributed by atoms with E-state index in [0.717, 1.165) is 4.57 Å². The van der Waals surface area contributed by atoms with Crippen LogP contribution >= 0.6 is 0 Å². The molecular weight excluding hydrogens is 442 g/mol. The minimum Gasteiger partial charge on any atom is -0.501 e. The predicted octanol–water partition coefficient (Wildman–Crippen LogP) is 1.06. The molecule has 1 amide bonds. The second kappa shape index (κ2) is 8.94. The SMILES string of the molecule is C[C@@H](c1nc(C(=O)Nc2cnoc2)c(O)c(=O)n1C)[C@@H](c1nnn(C)n1)c1ccccc1C#N. The van der Waals surface area contributed by atoms with E-state index < -0.39 is 34.7 Å². The van der Waals surface area contributed by atoms with E-state index in [1.807, 2.05) is 0 Å². The number of carbonyl (C=O) groups excluding carboxylic acids is 1. The van der Waals surface area contributed by atoms with Gasteiger partial charge in [0.05, 0.1) is 30.8 Å². The molecule has 2 N–H and O–H groups in total. The molecule has 3 heterocycles. The molecule has 0 aliphatic carbocycles. The quantitative estimate of drug-likeness (QED) is 0.422. The predicted molar refractivity (Wildman–Crippen MR) is 116 cm³/mol. The van der Waals surface area contributed by atoms with Crippen molar-refractivity contribution in [3.8, 4) is 11.8 Å². The molecule has 1 aromatic carbocycles. The minimum absolute atomic E-state index is 0.170. The van der Waals surface area contributed by atoms with Crippen molar-refractivity contribution in [3.05, 3.63) is 75.5 Å². The molecule has 0 aliphatic rings. The zero-order valence-electron chi connectivity index (χ0n) is 18.4. The number of carbonyl (C=O) groups is 1. The molecule has 2 atom stereocenters. The van der Waals surface area contributed by atoms with E-state index in [2.05, 4.69) is 41.5 Å². The van der Waals surface area contributed by atoms with Gasteiger partial charge < -0.3 is 14.9 Å². The number of tetrazole rings is 1. The van der Waals surface area contributed by atoms with Crippen molar-refractivity contribution in [2.75, 3.05) is 5.32 Å². The van der Waals surface area contributed by atoms with Crippen LogP contribution in [0.15, 0.2) is 46.0 Å². The van der Waals surface area contributed by atoms with Gasteiger partial charge in [0.2, 0.25) is 5.75 Å². The highest BCUT2D eigenvalue weighted by Crippen LogP contribution is 2.37. The number of nitrogens with zero attached hydrogens (tertiary/aromatic N) is 8. The first kappa shape index (κ1) is 22.3. The maximum absolute atomic E-state index is 12.8. The van der Waals surface area contributed by atoms with Crippen LogP contribution in [0.4, 0.5) is 5.69 Å². The van der Waals surface area contributed by atoms with Gasteiger partial charge in [-0.25, -0.2) is 4.98 Å². The van der Waals surface area contributed by atoms with Crippen LogP contribution in [0.2, 0.25) is 0 Å². The number of aryl methyl sites for hydroxylation is 1. The third kappa shape index (κ3) is 3.99. The largest absolute Gasteiger partial charge is 0.501 e. The fraction of sp³-hybridized carbons (Fsp3) is 0.238. The summed E-state index contributed by atoms with van der Waals surface area (Å²) in [6, 6.07) is 9.08. The summed E-state index contributed by atoms with van der Waals surface area (Å²) in [5, 5.41) is 38.3. The second-order valence-corrected chi connectivity index (χ2v) is 7.50. The number of anilines is 1. The molecule has 0 aliphatic heterocycles. The standard InChI is InChI=1S/C21H19N9O4/c1-11(15(18-26-28-30(3)27-18)14-7-5-4-6-12(14)8-22)19-25-16(17(31)21(33)29(19)2)20(32)24-13-9-23-34-10-13/h4-7,9-11,15,31H,1-3H3,(H,24,32)/t11-,15-/m1/s1. The lowest BCUT2D eigenvalue weighted by molar-refractivity contribution is 0.101. The lowest BCUT2D eigenvalue weighted by Crippen LogP contribution is -2.29. The normalized spacial score (nSPS) is 12.6. The second-order valence-electron chi connectivity index (χ2n) is 7.50. The smallest absolute Gasteiger partial charge is 0.296 e. The van der Waals surface area contributed by atoms with Gasteiger partial charge in [-0.05, 0) is 16.8 Å². The summed E-state index contributed by atoms with van der Waals surface area (Å²) in [6.45, 7) is 1.76. The van der Waals surface area contributed by atoms with Crippen LogP contribution in [0, 0.1) is 11.3 Å². The summed E-state index contributed by atoms with van der Waals surface area (Å²) < 4.78 is 5.83. The topological polar surface area (TPSA) is 178 Å². The summed E-state index contributed by atoms with van der Waals surface area (Å²) in [5.41, 5.74) is -0.0623. The first-order valence-corrected chi connectivity index (χ1v) is 10.0.